The summed E-state index contributed by atoms with van der Waals surface area (Å²) >= 11 is 0. The predicted octanol–water partition coefficient (Wildman–Crippen LogP) is 2.60. The SMILES string of the molecule is CC(C)c1nnc(CNc2ccc(F)cc2[N+](=O)[O-])n1C. The van der Waals surface area contributed by atoms with Crippen molar-refractivity contribution in [3.8, 4) is 0 Å². The Bertz CT molecular complexity index is 669. The van der Waals surface area contributed by atoms with E-state index in [1.165, 1.54) is 12.1 Å². The van der Waals surface area contributed by atoms with Gasteiger partial charge in [0.05, 0.1) is 17.5 Å². The number of nitrogens with one attached hydrogen (secondary N) is 1. The van der Waals surface area contributed by atoms with Gasteiger partial charge in [-0.1, -0.05) is 13.8 Å². The smallest absolute Gasteiger partial charge is 0.295 e. The molecule has 0 saturated heterocycles. The predicted molar refractivity (Wildman–Crippen MR) is 75.5 cm³/mol. The molecule has 0 aliphatic rings. The van der Waals surface area contributed by atoms with E-state index < -0.39 is 10.7 Å². The van der Waals surface area contributed by atoms with Crippen molar-refractivity contribution in [2.45, 2.75) is 26.3 Å². The fraction of sp³-hybridized carbons (Fsp3) is 0.385. The third-order valence-electron chi connectivity index (χ3n) is 3.11. The highest BCUT2D eigenvalue weighted by atomic mass is 19.1. The number of nitro groups is 1. The maximum Gasteiger partial charge on any atom is 0.295 e. The summed E-state index contributed by atoms with van der Waals surface area (Å²) in [5.74, 6) is 1.07. The lowest BCUT2D eigenvalue weighted by Crippen LogP contribution is -2.09. The molecule has 0 radical (unpaired) electrons. The number of rotatable bonds is 5. The Balaban J connectivity index is 2.19. The van der Waals surface area contributed by atoms with Crippen molar-refractivity contribution in [3.05, 3.63) is 45.8 Å². The van der Waals surface area contributed by atoms with Crippen LogP contribution >= 0.6 is 0 Å². The first kappa shape index (κ1) is 14.9. The standard InChI is InChI=1S/C13H16FN5O2/c1-8(2)13-17-16-12(18(13)3)7-15-10-5-4-9(14)6-11(10)19(20)21/h4-6,8,15H,7H2,1-3H3. The quantitative estimate of drug-likeness (QED) is 0.676. The Hall–Kier alpha value is -2.51. The van der Waals surface area contributed by atoms with Crippen LogP contribution in [-0.4, -0.2) is 19.7 Å². The van der Waals surface area contributed by atoms with Gasteiger partial charge in [-0.15, -0.1) is 10.2 Å². The molecule has 0 spiro atoms. The molecule has 2 rings (SSSR count). The molecule has 1 aromatic carbocycles. The second kappa shape index (κ2) is 5.86. The molecule has 0 unspecified atom stereocenters. The molecule has 1 heterocycles. The molecule has 0 amide bonds. The van der Waals surface area contributed by atoms with Crippen molar-refractivity contribution in [1.29, 1.82) is 0 Å². The van der Waals surface area contributed by atoms with E-state index in [1.54, 1.807) is 0 Å². The fourth-order valence-electron chi connectivity index (χ4n) is 2.01. The zero-order chi connectivity index (χ0) is 15.6. The van der Waals surface area contributed by atoms with E-state index in [0.29, 0.717) is 5.82 Å². The van der Waals surface area contributed by atoms with Gasteiger partial charge in [0, 0.05) is 13.0 Å². The van der Waals surface area contributed by atoms with Crippen LogP contribution in [0.2, 0.25) is 0 Å². The first-order valence-electron chi connectivity index (χ1n) is 6.46. The Morgan fingerprint density at radius 3 is 2.71 bits per heavy atom. The number of hydrogen-bond acceptors (Lipinski definition) is 5. The van der Waals surface area contributed by atoms with Gasteiger partial charge in [0.15, 0.2) is 5.82 Å². The Labute approximate surface area is 121 Å². The molecule has 8 heteroatoms. The monoisotopic (exact) mass is 293 g/mol. The van der Waals surface area contributed by atoms with Crippen LogP contribution < -0.4 is 5.32 Å². The van der Waals surface area contributed by atoms with Gasteiger partial charge in [-0.3, -0.25) is 10.1 Å². The fourth-order valence-corrected chi connectivity index (χ4v) is 2.01. The van der Waals surface area contributed by atoms with Crippen molar-refractivity contribution in [2.24, 2.45) is 7.05 Å². The number of aromatic nitrogens is 3. The normalized spacial score (nSPS) is 10.9. The number of nitrogens with zero attached hydrogens (tertiary/aromatic N) is 4. The minimum Gasteiger partial charge on any atom is -0.372 e. The van der Waals surface area contributed by atoms with Gasteiger partial charge in [-0.05, 0) is 12.1 Å². The first-order chi connectivity index (χ1) is 9.90. The highest BCUT2D eigenvalue weighted by molar-refractivity contribution is 5.61. The molecule has 0 bridgehead atoms. The van der Waals surface area contributed by atoms with Crippen LogP contribution in [0.1, 0.15) is 31.4 Å². The van der Waals surface area contributed by atoms with Crippen molar-refractivity contribution < 1.29 is 9.31 Å². The molecule has 2 aromatic rings. The Kier molecular flexibility index (Phi) is 4.15. The maximum absolute atomic E-state index is 13.1. The molecule has 7 nitrogen and oxygen atoms in total. The van der Waals surface area contributed by atoms with Crippen LogP contribution in [0.15, 0.2) is 18.2 Å². The number of nitro benzene ring substituents is 1. The van der Waals surface area contributed by atoms with Gasteiger partial charge in [0.1, 0.15) is 17.3 Å². The van der Waals surface area contributed by atoms with Gasteiger partial charge in [-0.2, -0.15) is 0 Å². The summed E-state index contributed by atoms with van der Waals surface area (Å²) in [5, 5.41) is 21.9. The third-order valence-corrected chi connectivity index (χ3v) is 3.11. The number of hydrogen-bond donors (Lipinski definition) is 1. The second-order valence-corrected chi connectivity index (χ2v) is 4.96. The average molecular weight is 293 g/mol. The average Bonchev–Trinajstić information content (AvgIpc) is 2.78. The molecule has 0 fully saturated rings. The second-order valence-electron chi connectivity index (χ2n) is 4.96. The topological polar surface area (TPSA) is 85.9 Å². The Morgan fingerprint density at radius 2 is 2.14 bits per heavy atom. The first-order valence-corrected chi connectivity index (χ1v) is 6.46. The van der Waals surface area contributed by atoms with Crippen LogP contribution in [0.5, 0.6) is 0 Å². The van der Waals surface area contributed by atoms with Crippen molar-refractivity contribution in [3.63, 3.8) is 0 Å². The molecule has 1 aromatic heterocycles. The van der Waals surface area contributed by atoms with Gasteiger partial charge >= 0.3 is 0 Å². The summed E-state index contributed by atoms with van der Waals surface area (Å²) in [6, 6.07) is 3.40. The zero-order valence-corrected chi connectivity index (χ0v) is 12.0. The van der Waals surface area contributed by atoms with Crippen molar-refractivity contribution >= 4 is 11.4 Å². The molecule has 0 aliphatic carbocycles. The van der Waals surface area contributed by atoms with Crippen molar-refractivity contribution in [2.75, 3.05) is 5.32 Å². The van der Waals surface area contributed by atoms with Crippen LogP contribution in [0, 0.1) is 15.9 Å². The highest BCUT2D eigenvalue weighted by Crippen LogP contribution is 2.25. The highest BCUT2D eigenvalue weighted by Gasteiger charge is 2.16. The van der Waals surface area contributed by atoms with Crippen LogP contribution in [0.4, 0.5) is 15.8 Å². The van der Waals surface area contributed by atoms with Crippen molar-refractivity contribution in [1.82, 2.24) is 14.8 Å². The Morgan fingerprint density at radius 1 is 1.43 bits per heavy atom. The molecule has 1 N–H and O–H groups in total. The summed E-state index contributed by atoms with van der Waals surface area (Å²) in [6.07, 6.45) is 0. The van der Waals surface area contributed by atoms with Crippen LogP contribution in [0.25, 0.3) is 0 Å². The summed E-state index contributed by atoms with van der Waals surface area (Å²) in [6.45, 7) is 4.28. The number of halogens is 1. The zero-order valence-electron chi connectivity index (χ0n) is 12.0. The molecule has 21 heavy (non-hydrogen) atoms. The largest absolute Gasteiger partial charge is 0.372 e. The van der Waals surface area contributed by atoms with Crippen LogP contribution in [-0.2, 0) is 13.6 Å². The molecular formula is C13H16FN5O2. The summed E-state index contributed by atoms with van der Waals surface area (Å²) < 4.78 is 14.9. The minimum atomic E-state index is -0.645. The lowest BCUT2D eigenvalue weighted by molar-refractivity contribution is -0.384. The van der Waals surface area contributed by atoms with E-state index in [1.807, 2.05) is 25.5 Å². The van der Waals surface area contributed by atoms with E-state index in [0.717, 1.165) is 11.9 Å². The number of benzene rings is 1. The van der Waals surface area contributed by atoms with Gasteiger partial charge in [0.2, 0.25) is 0 Å². The summed E-state index contributed by atoms with van der Waals surface area (Å²) in [7, 11) is 1.84. The molecule has 0 saturated carbocycles. The van der Waals surface area contributed by atoms with Gasteiger partial charge in [0.25, 0.3) is 5.69 Å². The van der Waals surface area contributed by atoms with E-state index in [9.17, 15) is 14.5 Å². The number of anilines is 1. The van der Waals surface area contributed by atoms with Gasteiger partial charge in [-0.25, -0.2) is 4.39 Å². The summed E-state index contributed by atoms with van der Waals surface area (Å²) in [4.78, 5) is 10.3. The van der Waals surface area contributed by atoms with E-state index in [4.69, 9.17) is 0 Å². The molecule has 0 atom stereocenters. The molecule has 112 valence electrons. The van der Waals surface area contributed by atoms with Gasteiger partial charge < -0.3 is 9.88 Å². The van der Waals surface area contributed by atoms with E-state index >= 15 is 0 Å². The molecule has 0 aliphatic heterocycles. The van der Waals surface area contributed by atoms with Crippen LogP contribution in [0.3, 0.4) is 0 Å². The molecular weight excluding hydrogens is 277 g/mol. The van der Waals surface area contributed by atoms with E-state index in [-0.39, 0.29) is 23.8 Å². The third kappa shape index (κ3) is 3.15. The lowest BCUT2D eigenvalue weighted by Gasteiger charge is -2.08. The maximum atomic E-state index is 13.1. The van der Waals surface area contributed by atoms with E-state index in [2.05, 4.69) is 15.5 Å². The lowest BCUT2D eigenvalue weighted by atomic mass is 10.2. The minimum absolute atomic E-state index is 0.233. The summed E-state index contributed by atoms with van der Waals surface area (Å²) in [5.41, 5.74) is -0.0586.